The van der Waals surface area contributed by atoms with Crippen LogP contribution in [0, 0.1) is 6.92 Å². The van der Waals surface area contributed by atoms with Gasteiger partial charge in [-0.1, -0.05) is 64.2 Å². The number of ether oxygens (including phenoxy) is 1. The lowest BCUT2D eigenvalue weighted by molar-refractivity contribution is -0.142. The molecule has 3 unspecified atom stereocenters. The minimum Gasteiger partial charge on any atom is -0.507 e. The molecule has 0 heterocycles. The molecule has 0 aromatic heterocycles. The second kappa shape index (κ2) is 15.5. The molecule has 8 nitrogen and oxygen atoms in total. The van der Waals surface area contributed by atoms with Gasteiger partial charge in [0.15, 0.2) is 0 Å². The van der Waals surface area contributed by atoms with Gasteiger partial charge in [0.25, 0.3) is 0 Å². The monoisotopic (exact) mass is 519 g/mol. The van der Waals surface area contributed by atoms with E-state index < -0.39 is 29.7 Å². The predicted octanol–water partition coefficient (Wildman–Crippen LogP) is 5.76. The number of aryl methyl sites for hydroxylation is 1. The summed E-state index contributed by atoms with van der Waals surface area (Å²) in [6.07, 6.45) is 5.83. The minimum atomic E-state index is -1.04. The molecule has 0 saturated heterocycles. The highest BCUT2D eigenvalue weighted by Crippen LogP contribution is 2.32. The van der Waals surface area contributed by atoms with Gasteiger partial charge < -0.3 is 25.4 Å². The maximum absolute atomic E-state index is 13.8. The highest BCUT2D eigenvalue weighted by Gasteiger charge is 2.36. The van der Waals surface area contributed by atoms with Gasteiger partial charge in [-0.2, -0.15) is 0 Å². The summed E-state index contributed by atoms with van der Waals surface area (Å²) in [6.45, 7) is 15.0. The Morgan fingerprint density at radius 3 is 2.24 bits per heavy atom. The van der Waals surface area contributed by atoms with E-state index in [-0.39, 0.29) is 17.7 Å². The van der Waals surface area contributed by atoms with Crippen molar-refractivity contribution in [1.82, 2.24) is 15.5 Å². The fraction of sp³-hybridized carbons (Fsp3) is 0.690. The number of phenols is 1. The number of hydrogen-bond acceptors (Lipinski definition) is 5. The predicted molar refractivity (Wildman–Crippen MR) is 147 cm³/mol. The zero-order valence-electron chi connectivity index (χ0n) is 24.1. The Labute approximate surface area is 223 Å². The van der Waals surface area contributed by atoms with Gasteiger partial charge in [-0.3, -0.25) is 9.59 Å². The summed E-state index contributed by atoms with van der Waals surface area (Å²) in [5.74, 6) is -0.777. The van der Waals surface area contributed by atoms with Crippen LogP contribution in [0.5, 0.6) is 5.75 Å². The molecule has 0 aliphatic carbocycles. The molecule has 37 heavy (non-hydrogen) atoms. The van der Waals surface area contributed by atoms with E-state index in [9.17, 15) is 19.5 Å². The zero-order chi connectivity index (χ0) is 28.2. The van der Waals surface area contributed by atoms with E-state index in [0.29, 0.717) is 24.1 Å². The first-order chi connectivity index (χ1) is 17.3. The van der Waals surface area contributed by atoms with Gasteiger partial charge in [-0.15, -0.1) is 0 Å². The van der Waals surface area contributed by atoms with Crippen molar-refractivity contribution in [2.45, 2.75) is 124 Å². The number of phenolic OH excluding ortho intramolecular Hbond substituents is 1. The van der Waals surface area contributed by atoms with Crippen molar-refractivity contribution in [3.8, 4) is 5.75 Å². The number of nitrogens with one attached hydrogen (secondary N) is 2. The van der Waals surface area contributed by atoms with Crippen molar-refractivity contribution in [2.24, 2.45) is 0 Å². The number of carbonyl (C=O) groups is 3. The van der Waals surface area contributed by atoms with Gasteiger partial charge in [-0.25, -0.2) is 4.79 Å². The molecule has 210 valence electrons. The third-order valence-electron chi connectivity index (χ3n) is 6.12. The number of nitrogens with zero attached hydrogens (tertiary/aromatic N) is 1. The Balaban J connectivity index is 3.39. The Hall–Kier alpha value is -2.77. The standard InChI is InChI=1S/C29H49N3O5/c1-9-11-12-13-14-19-32(27(35)22(5)31-28(36)37-29(6,7)8)24(26(34)30-21(4)16-10-2)23-18-15-17-20(3)25(23)33/h15,17-18,21-22,24,33H,9-14,16,19H2,1-8H3,(H,30,34)(H,31,36). The number of alkyl carbamates (subject to hydrolysis) is 1. The highest BCUT2D eigenvalue weighted by molar-refractivity contribution is 5.92. The van der Waals surface area contributed by atoms with Crippen LogP contribution in [0.4, 0.5) is 4.79 Å². The molecule has 0 saturated carbocycles. The number of benzene rings is 1. The minimum absolute atomic E-state index is 0.0117. The summed E-state index contributed by atoms with van der Waals surface area (Å²) in [7, 11) is 0. The quantitative estimate of drug-likeness (QED) is 0.271. The molecule has 0 radical (unpaired) electrons. The van der Waals surface area contributed by atoms with Crippen molar-refractivity contribution in [3.63, 3.8) is 0 Å². The summed E-state index contributed by atoms with van der Waals surface area (Å²) < 4.78 is 5.33. The molecule has 8 heteroatoms. The van der Waals surface area contributed by atoms with Crippen LogP contribution >= 0.6 is 0 Å². The third-order valence-corrected chi connectivity index (χ3v) is 6.12. The summed E-state index contributed by atoms with van der Waals surface area (Å²) in [6, 6.07) is 3.15. The van der Waals surface area contributed by atoms with Crippen molar-refractivity contribution in [3.05, 3.63) is 29.3 Å². The first-order valence-electron chi connectivity index (χ1n) is 13.7. The van der Waals surface area contributed by atoms with Crippen molar-refractivity contribution < 1.29 is 24.2 Å². The molecule has 3 atom stereocenters. The van der Waals surface area contributed by atoms with Gasteiger partial charge in [0.1, 0.15) is 23.4 Å². The SMILES string of the molecule is CCCCCCCN(C(=O)C(C)NC(=O)OC(C)(C)C)C(C(=O)NC(C)CCC)c1cccc(C)c1O. The molecule has 1 aromatic carbocycles. The van der Waals surface area contributed by atoms with Gasteiger partial charge in [0.2, 0.25) is 11.8 Å². The number of amides is 3. The normalized spacial score (nSPS) is 13.8. The second-order valence-electron chi connectivity index (χ2n) is 10.9. The van der Waals surface area contributed by atoms with Crippen molar-refractivity contribution in [2.75, 3.05) is 6.54 Å². The lowest BCUT2D eigenvalue weighted by Crippen LogP contribution is -2.52. The van der Waals surface area contributed by atoms with Crippen LogP contribution in [-0.2, 0) is 14.3 Å². The highest BCUT2D eigenvalue weighted by atomic mass is 16.6. The van der Waals surface area contributed by atoms with E-state index in [4.69, 9.17) is 4.74 Å². The van der Waals surface area contributed by atoms with E-state index in [1.54, 1.807) is 52.8 Å². The largest absolute Gasteiger partial charge is 0.507 e. The summed E-state index contributed by atoms with van der Waals surface area (Å²) in [4.78, 5) is 41.4. The van der Waals surface area contributed by atoms with Crippen LogP contribution in [0.3, 0.4) is 0 Å². The molecule has 1 rings (SSSR count). The number of aromatic hydroxyl groups is 1. The van der Waals surface area contributed by atoms with Crippen molar-refractivity contribution >= 4 is 17.9 Å². The fourth-order valence-electron chi connectivity index (χ4n) is 4.23. The first-order valence-corrected chi connectivity index (χ1v) is 13.7. The Morgan fingerprint density at radius 1 is 1.00 bits per heavy atom. The van der Waals surface area contributed by atoms with Gasteiger partial charge in [0, 0.05) is 18.2 Å². The Bertz CT molecular complexity index is 881. The van der Waals surface area contributed by atoms with E-state index in [1.807, 2.05) is 13.8 Å². The third kappa shape index (κ3) is 11.0. The zero-order valence-corrected chi connectivity index (χ0v) is 24.1. The van der Waals surface area contributed by atoms with Crippen LogP contribution in [0.25, 0.3) is 0 Å². The molecule has 1 aromatic rings. The fourth-order valence-corrected chi connectivity index (χ4v) is 4.23. The maximum atomic E-state index is 13.8. The van der Waals surface area contributed by atoms with Crippen LogP contribution in [0.1, 0.15) is 111 Å². The van der Waals surface area contributed by atoms with Crippen molar-refractivity contribution in [1.29, 1.82) is 0 Å². The summed E-state index contributed by atoms with van der Waals surface area (Å²) in [5.41, 5.74) is 0.275. The summed E-state index contributed by atoms with van der Waals surface area (Å²) >= 11 is 0. The van der Waals surface area contributed by atoms with Gasteiger partial charge in [-0.05, 0) is 59.9 Å². The Kier molecular flexibility index (Phi) is 13.5. The molecule has 0 aliphatic heterocycles. The molecule has 0 aliphatic rings. The second-order valence-corrected chi connectivity index (χ2v) is 10.9. The van der Waals surface area contributed by atoms with Crippen LogP contribution in [-0.4, -0.2) is 52.1 Å². The molecule has 0 spiro atoms. The average Bonchev–Trinajstić information content (AvgIpc) is 2.78. The lowest BCUT2D eigenvalue weighted by Gasteiger charge is -2.34. The molecular formula is C29H49N3O5. The van der Waals surface area contributed by atoms with E-state index in [2.05, 4.69) is 17.6 Å². The molecule has 0 bridgehead atoms. The molecule has 3 N–H and O–H groups in total. The molecular weight excluding hydrogens is 470 g/mol. The van der Waals surface area contributed by atoms with Crippen LogP contribution in [0.2, 0.25) is 0 Å². The first kappa shape index (κ1) is 32.3. The topological polar surface area (TPSA) is 108 Å². The molecule has 0 fully saturated rings. The van der Waals surface area contributed by atoms with Gasteiger partial charge >= 0.3 is 6.09 Å². The maximum Gasteiger partial charge on any atom is 0.408 e. The van der Waals surface area contributed by atoms with Crippen LogP contribution < -0.4 is 10.6 Å². The van der Waals surface area contributed by atoms with Gasteiger partial charge in [0.05, 0.1) is 0 Å². The number of carbonyl (C=O) groups excluding carboxylic acids is 3. The molecule has 3 amide bonds. The van der Waals surface area contributed by atoms with E-state index >= 15 is 0 Å². The lowest BCUT2D eigenvalue weighted by atomic mass is 9.98. The summed E-state index contributed by atoms with van der Waals surface area (Å²) in [5, 5.41) is 16.6. The number of hydrogen-bond donors (Lipinski definition) is 3. The average molecular weight is 520 g/mol. The number of rotatable bonds is 14. The van der Waals surface area contributed by atoms with E-state index in [0.717, 1.165) is 38.5 Å². The van der Waals surface area contributed by atoms with E-state index in [1.165, 1.54) is 4.90 Å². The number of para-hydroxylation sites is 1. The van der Waals surface area contributed by atoms with Crippen LogP contribution in [0.15, 0.2) is 18.2 Å². The number of unbranched alkanes of at least 4 members (excludes halogenated alkanes) is 4. The smallest absolute Gasteiger partial charge is 0.408 e. The Morgan fingerprint density at radius 2 is 1.65 bits per heavy atom.